The summed E-state index contributed by atoms with van der Waals surface area (Å²) in [5.74, 6) is -0.345. The van der Waals surface area contributed by atoms with Crippen molar-refractivity contribution in [3.05, 3.63) is 65.7 Å². The molecule has 0 unspecified atom stereocenters. The normalized spacial score (nSPS) is 19.7. The fourth-order valence-electron chi connectivity index (χ4n) is 4.41. The maximum atomic E-state index is 13.3. The van der Waals surface area contributed by atoms with Gasteiger partial charge < -0.3 is 14.5 Å². The second-order valence-corrected chi connectivity index (χ2v) is 10.3. The number of morpholine rings is 1. The molecule has 1 spiro atoms. The first-order valence-corrected chi connectivity index (χ1v) is 12.0. The van der Waals surface area contributed by atoms with Crippen molar-refractivity contribution in [1.82, 2.24) is 9.80 Å². The lowest BCUT2D eigenvalue weighted by Crippen LogP contribution is -2.56. The van der Waals surface area contributed by atoms with Gasteiger partial charge in [0.1, 0.15) is 0 Å². The average molecular weight is 429 g/mol. The molecule has 160 valence electrons. The number of rotatable bonds is 4. The van der Waals surface area contributed by atoms with Crippen molar-refractivity contribution in [3.63, 3.8) is 0 Å². The summed E-state index contributed by atoms with van der Waals surface area (Å²) in [7, 11) is -1.55. The first-order chi connectivity index (χ1) is 14.4. The Labute approximate surface area is 178 Å². The van der Waals surface area contributed by atoms with Crippen LogP contribution < -0.4 is 0 Å². The summed E-state index contributed by atoms with van der Waals surface area (Å²) >= 11 is 0. The molecule has 2 aromatic rings. The summed E-state index contributed by atoms with van der Waals surface area (Å²) in [5, 5.41) is 0. The summed E-state index contributed by atoms with van der Waals surface area (Å²) in [6.07, 6.45) is 1.53. The molecular weight excluding hydrogens is 400 g/mol. The third-order valence-corrected chi connectivity index (χ3v) is 7.79. The standard InChI is InChI=1S/C23H28N2O4S/c1-24-15-16-29-23(18-24)11-13-25(14-12-23)22(26)20-9-5-6-10-21(20)30(27,28)17-19-7-3-2-4-8-19/h2-10H,11-18H2,1H3. The lowest BCUT2D eigenvalue weighted by molar-refractivity contribution is -0.127. The van der Waals surface area contributed by atoms with Crippen LogP contribution in [-0.4, -0.2) is 69.6 Å². The van der Waals surface area contributed by atoms with Gasteiger partial charge in [-0.25, -0.2) is 8.42 Å². The van der Waals surface area contributed by atoms with Crippen molar-refractivity contribution in [3.8, 4) is 0 Å². The quantitative estimate of drug-likeness (QED) is 0.749. The van der Waals surface area contributed by atoms with Crippen molar-refractivity contribution in [2.24, 2.45) is 0 Å². The number of carbonyl (C=O) groups excluding carboxylic acids is 1. The van der Waals surface area contributed by atoms with E-state index in [1.165, 1.54) is 6.07 Å². The number of sulfone groups is 1. The van der Waals surface area contributed by atoms with E-state index in [9.17, 15) is 13.2 Å². The molecule has 0 N–H and O–H groups in total. The molecule has 0 atom stereocenters. The molecule has 0 saturated carbocycles. The number of likely N-dealkylation sites (N-methyl/N-ethyl adjacent to an activating group) is 1. The van der Waals surface area contributed by atoms with Crippen LogP contribution in [0.15, 0.2) is 59.5 Å². The monoisotopic (exact) mass is 428 g/mol. The van der Waals surface area contributed by atoms with Gasteiger partial charge in [-0.2, -0.15) is 0 Å². The predicted molar refractivity (Wildman–Crippen MR) is 115 cm³/mol. The van der Waals surface area contributed by atoms with Gasteiger partial charge >= 0.3 is 0 Å². The summed E-state index contributed by atoms with van der Waals surface area (Å²) in [6, 6.07) is 15.6. The number of ether oxygens (including phenoxy) is 1. The van der Waals surface area contributed by atoms with E-state index in [1.807, 2.05) is 18.2 Å². The summed E-state index contributed by atoms with van der Waals surface area (Å²) in [6.45, 7) is 3.65. The average Bonchev–Trinajstić information content (AvgIpc) is 2.74. The molecule has 30 heavy (non-hydrogen) atoms. The number of benzene rings is 2. The van der Waals surface area contributed by atoms with Gasteiger partial charge in [-0.1, -0.05) is 42.5 Å². The molecule has 2 aromatic carbocycles. The molecule has 0 radical (unpaired) electrons. The fourth-order valence-corrected chi connectivity index (χ4v) is 5.97. The highest BCUT2D eigenvalue weighted by molar-refractivity contribution is 7.90. The minimum atomic E-state index is -3.64. The molecule has 0 aromatic heterocycles. The molecule has 2 aliphatic rings. The van der Waals surface area contributed by atoms with Gasteiger partial charge in [0.2, 0.25) is 0 Å². The molecule has 2 aliphatic heterocycles. The fraction of sp³-hybridized carbons (Fsp3) is 0.435. The second-order valence-electron chi connectivity index (χ2n) is 8.30. The van der Waals surface area contributed by atoms with Crippen LogP contribution in [-0.2, 0) is 20.3 Å². The van der Waals surface area contributed by atoms with E-state index in [4.69, 9.17) is 4.74 Å². The lowest BCUT2D eigenvalue weighted by atomic mass is 9.89. The van der Waals surface area contributed by atoms with Crippen LogP contribution in [0.2, 0.25) is 0 Å². The Bertz CT molecular complexity index is 999. The zero-order valence-corrected chi connectivity index (χ0v) is 18.1. The van der Waals surface area contributed by atoms with E-state index in [-0.39, 0.29) is 27.7 Å². The van der Waals surface area contributed by atoms with Crippen molar-refractivity contribution in [1.29, 1.82) is 0 Å². The lowest BCUT2D eigenvalue weighted by Gasteiger charge is -2.46. The number of hydrogen-bond acceptors (Lipinski definition) is 5. The molecule has 4 rings (SSSR count). The van der Waals surface area contributed by atoms with Crippen LogP contribution >= 0.6 is 0 Å². The number of hydrogen-bond donors (Lipinski definition) is 0. The largest absolute Gasteiger partial charge is 0.372 e. The van der Waals surface area contributed by atoms with Gasteiger partial charge in [-0.15, -0.1) is 0 Å². The minimum absolute atomic E-state index is 0.104. The van der Waals surface area contributed by atoms with Gasteiger partial charge in [0, 0.05) is 26.2 Å². The number of amides is 1. The summed E-state index contributed by atoms with van der Waals surface area (Å²) in [5.41, 5.74) is 0.771. The number of nitrogens with zero attached hydrogens (tertiary/aromatic N) is 2. The third kappa shape index (κ3) is 4.43. The van der Waals surface area contributed by atoms with Crippen molar-refractivity contribution >= 4 is 15.7 Å². The molecule has 2 saturated heterocycles. The molecule has 6 nitrogen and oxygen atoms in total. The SMILES string of the molecule is CN1CCOC2(CCN(C(=O)c3ccccc3S(=O)(=O)Cc3ccccc3)CC2)C1. The van der Waals surface area contributed by atoms with Gasteiger partial charge in [-0.05, 0) is 37.6 Å². The van der Waals surface area contributed by atoms with Gasteiger partial charge in [-0.3, -0.25) is 4.79 Å². The number of likely N-dealkylation sites (tertiary alicyclic amines) is 1. The van der Waals surface area contributed by atoms with E-state index >= 15 is 0 Å². The highest BCUT2D eigenvalue weighted by Gasteiger charge is 2.40. The summed E-state index contributed by atoms with van der Waals surface area (Å²) < 4.78 is 32.3. The molecular formula is C23H28N2O4S. The van der Waals surface area contributed by atoms with Crippen LogP contribution in [0.1, 0.15) is 28.8 Å². The first-order valence-electron chi connectivity index (χ1n) is 10.4. The molecule has 2 heterocycles. The molecule has 2 fully saturated rings. The molecule has 7 heteroatoms. The highest BCUT2D eigenvalue weighted by Crippen LogP contribution is 2.31. The van der Waals surface area contributed by atoms with Crippen LogP contribution in [0.4, 0.5) is 0 Å². The van der Waals surface area contributed by atoms with E-state index in [0.717, 1.165) is 25.9 Å². The Morgan fingerprint density at radius 1 is 1.00 bits per heavy atom. The topological polar surface area (TPSA) is 66.9 Å². The number of carbonyl (C=O) groups is 1. The smallest absolute Gasteiger partial charge is 0.255 e. The Kier molecular flexibility index (Phi) is 5.95. The second kappa shape index (κ2) is 8.49. The van der Waals surface area contributed by atoms with Gasteiger partial charge in [0.25, 0.3) is 5.91 Å². The Balaban J connectivity index is 1.52. The van der Waals surface area contributed by atoms with E-state index < -0.39 is 9.84 Å². The van der Waals surface area contributed by atoms with E-state index in [1.54, 1.807) is 35.2 Å². The highest BCUT2D eigenvalue weighted by atomic mass is 32.2. The molecule has 1 amide bonds. The maximum Gasteiger partial charge on any atom is 0.255 e. The Morgan fingerprint density at radius 3 is 2.37 bits per heavy atom. The van der Waals surface area contributed by atoms with Crippen molar-refractivity contribution in [2.75, 3.05) is 39.8 Å². The van der Waals surface area contributed by atoms with Crippen LogP contribution in [0.25, 0.3) is 0 Å². The van der Waals surface area contributed by atoms with Crippen LogP contribution in [0.3, 0.4) is 0 Å². The van der Waals surface area contributed by atoms with Gasteiger partial charge in [0.15, 0.2) is 9.84 Å². The summed E-state index contributed by atoms with van der Waals surface area (Å²) in [4.78, 5) is 17.4. The predicted octanol–water partition coefficient (Wildman–Crippen LogP) is 2.60. The zero-order valence-electron chi connectivity index (χ0n) is 17.3. The van der Waals surface area contributed by atoms with E-state index in [0.29, 0.717) is 25.3 Å². The van der Waals surface area contributed by atoms with Crippen LogP contribution in [0, 0.1) is 0 Å². The Morgan fingerprint density at radius 2 is 1.67 bits per heavy atom. The van der Waals surface area contributed by atoms with Gasteiger partial charge in [0.05, 0.1) is 28.4 Å². The first kappa shape index (κ1) is 21.0. The molecule has 0 aliphatic carbocycles. The Hall–Kier alpha value is -2.22. The van der Waals surface area contributed by atoms with E-state index in [2.05, 4.69) is 11.9 Å². The zero-order chi connectivity index (χ0) is 21.2. The van der Waals surface area contributed by atoms with Crippen LogP contribution in [0.5, 0.6) is 0 Å². The maximum absolute atomic E-state index is 13.3. The van der Waals surface area contributed by atoms with Crippen molar-refractivity contribution in [2.45, 2.75) is 29.1 Å². The number of piperidine rings is 1. The third-order valence-electron chi connectivity index (χ3n) is 6.05. The minimum Gasteiger partial charge on any atom is -0.372 e. The van der Waals surface area contributed by atoms with Crippen molar-refractivity contribution < 1.29 is 17.9 Å². The molecule has 0 bridgehead atoms.